The van der Waals surface area contributed by atoms with E-state index in [4.69, 9.17) is 22.4 Å². The average molecular weight is 309 g/mol. The number of rotatable bonds is 7. The third-order valence-corrected chi connectivity index (χ3v) is 3.52. The minimum Gasteiger partial charge on any atom is -0.481 e. The van der Waals surface area contributed by atoms with E-state index in [-0.39, 0.29) is 18.9 Å². The Kier molecular flexibility index (Phi) is 5.19. The van der Waals surface area contributed by atoms with E-state index in [9.17, 15) is 4.79 Å². The van der Waals surface area contributed by atoms with Crippen molar-refractivity contribution in [2.24, 2.45) is 5.73 Å². The summed E-state index contributed by atoms with van der Waals surface area (Å²) in [6, 6.07) is 5.40. The lowest BCUT2D eigenvalue weighted by Crippen LogP contribution is -2.16. The van der Waals surface area contributed by atoms with Gasteiger partial charge in [-0.2, -0.15) is 0 Å². The Balaban J connectivity index is 2.13. The first kappa shape index (κ1) is 15.3. The molecule has 0 saturated heterocycles. The normalized spacial score (nSPS) is 12.1. The SMILES string of the molecule is NC[C@H](CC(=O)O)c1ccc(Cl)c(NCc2cnc[nH]2)c1. The van der Waals surface area contributed by atoms with E-state index in [1.807, 2.05) is 12.1 Å². The van der Waals surface area contributed by atoms with Crippen LogP contribution < -0.4 is 11.1 Å². The predicted octanol–water partition coefficient (Wildman–Crippen LogP) is 2.19. The summed E-state index contributed by atoms with van der Waals surface area (Å²) in [5.41, 5.74) is 8.19. The maximum atomic E-state index is 10.9. The number of carbonyl (C=O) groups is 1. The van der Waals surface area contributed by atoms with Gasteiger partial charge in [-0.15, -0.1) is 0 Å². The lowest BCUT2D eigenvalue weighted by Gasteiger charge is -2.15. The molecule has 0 aliphatic carbocycles. The molecule has 7 heteroatoms. The monoisotopic (exact) mass is 308 g/mol. The Morgan fingerprint density at radius 2 is 2.33 bits per heavy atom. The highest BCUT2D eigenvalue weighted by Crippen LogP contribution is 2.28. The number of halogens is 1. The van der Waals surface area contributed by atoms with Crippen molar-refractivity contribution in [3.8, 4) is 0 Å². The van der Waals surface area contributed by atoms with Crippen LogP contribution in [0.5, 0.6) is 0 Å². The second-order valence-electron chi connectivity index (χ2n) is 4.70. The van der Waals surface area contributed by atoms with Gasteiger partial charge < -0.3 is 21.1 Å². The van der Waals surface area contributed by atoms with Crippen LogP contribution in [-0.4, -0.2) is 27.6 Å². The molecule has 112 valence electrons. The number of benzene rings is 1. The van der Waals surface area contributed by atoms with E-state index in [0.717, 1.165) is 16.9 Å². The molecule has 2 rings (SSSR count). The number of imidazole rings is 1. The molecule has 0 fully saturated rings. The molecule has 0 unspecified atom stereocenters. The molecule has 5 N–H and O–H groups in total. The standard InChI is InChI=1S/C14H17ClN4O2/c15-12-2-1-9(10(5-16)4-14(20)21)3-13(12)18-7-11-6-17-8-19-11/h1-3,6,8,10,18H,4-5,7,16H2,(H,17,19)(H,20,21)/t10-/m0/s1. The van der Waals surface area contributed by atoms with Crippen molar-refractivity contribution in [3.05, 3.63) is 47.0 Å². The molecule has 0 saturated carbocycles. The fraction of sp³-hybridized carbons (Fsp3) is 0.286. The maximum absolute atomic E-state index is 10.9. The van der Waals surface area contributed by atoms with E-state index in [1.54, 1.807) is 18.6 Å². The Labute approximate surface area is 127 Å². The van der Waals surface area contributed by atoms with E-state index in [1.165, 1.54) is 0 Å². The number of hydrogen-bond acceptors (Lipinski definition) is 4. The van der Waals surface area contributed by atoms with E-state index in [0.29, 0.717) is 11.6 Å². The minimum absolute atomic E-state index is 0.00186. The van der Waals surface area contributed by atoms with Crippen molar-refractivity contribution in [3.63, 3.8) is 0 Å². The van der Waals surface area contributed by atoms with Gasteiger partial charge in [0.15, 0.2) is 0 Å². The van der Waals surface area contributed by atoms with Gasteiger partial charge in [0.2, 0.25) is 0 Å². The van der Waals surface area contributed by atoms with Crippen LogP contribution in [0.25, 0.3) is 0 Å². The predicted molar refractivity (Wildman–Crippen MR) is 81.4 cm³/mol. The summed E-state index contributed by atoms with van der Waals surface area (Å²) in [5.74, 6) is -1.10. The highest BCUT2D eigenvalue weighted by molar-refractivity contribution is 6.33. The molecule has 0 aliphatic heterocycles. The van der Waals surface area contributed by atoms with Crippen molar-refractivity contribution in [1.29, 1.82) is 0 Å². The molecule has 1 atom stereocenters. The Hall–Kier alpha value is -2.05. The topological polar surface area (TPSA) is 104 Å². The third-order valence-electron chi connectivity index (χ3n) is 3.19. The lowest BCUT2D eigenvalue weighted by atomic mass is 9.95. The van der Waals surface area contributed by atoms with E-state index in [2.05, 4.69) is 15.3 Å². The number of carboxylic acids is 1. The molecule has 0 aliphatic rings. The fourth-order valence-electron chi connectivity index (χ4n) is 2.05. The highest BCUT2D eigenvalue weighted by Gasteiger charge is 2.15. The molecule has 6 nitrogen and oxygen atoms in total. The molecular formula is C14H17ClN4O2. The van der Waals surface area contributed by atoms with Gasteiger partial charge in [-0.25, -0.2) is 4.98 Å². The number of anilines is 1. The Bertz CT molecular complexity index is 601. The number of hydrogen-bond donors (Lipinski definition) is 4. The zero-order chi connectivity index (χ0) is 15.2. The number of nitrogens with one attached hydrogen (secondary N) is 2. The fourth-order valence-corrected chi connectivity index (χ4v) is 2.24. The zero-order valence-corrected chi connectivity index (χ0v) is 12.1. The number of carboxylic acid groups (broad SMARTS) is 1. The molecule has 1 heterocycles. The second kappa shape index (κ2) is 7.10. The van der Waals surface area contributed by atoms with E-state index < -0.39 is 5.97 Å². The summed E-state index contributed by atoms with van der Waals surface area (Å²) in [4.78, 5) is 17.8. The first-order valence-corrected chi connectivity index (χ1v) is 6.90. The number of aromatic amines is 1. The summed E-state index contributed by atoms with van der Waals surface area (Å²) in [5, 5.41) is 12.7. The average Bonchev–Trinajstić information content (AvgIpc) is 2.97. The minimum atomic E-state index is -0.868. The van der Waals surface area contributed by atoms with Crippen LogP contribution in [0.15, 0.2) is 30.7 Å². The second-order valence-corrected chi connectivity index (χ2v) is 5.11. The Morgan fingerprint density at radius 3 is 2.95 bits per heavy atom. The summed E-state index contributed by atoms with van der Waals surface area (Å²) >= 11 is 6.15. The van der Waals surface area contributed by atoms with Gasteiger partial charge in [0.05, 0.1) is 35.7 Å². The molecule has 1 aromatic carbocycles. The smallest absolute Gasteiger partial charge is 0.304 e. The van der Waals surface area contributed by atoms with Crippen LogP contribution in [0.1, 0.15) is 23.6 Å². The summed E-state index contributed by atoms with van der Waals surface area (Å²) < 4.78 is 0. The maximum Gasteiger partial charge on any atom is 0.304 e. The quantitative estimate of drug-likeness (QED) is 0.627. The molecular weight excluding hydrogens is 292 g/mol. The van der Waals surface area contributed by atoms with Gasteiger partial charge >= 0.3 is 5.97 Å². The third kappa shape index (κ3) is 4.21. The van der Waals surface area contributed by atoms with Gasteiger partial charge in [-0.3, -0.25) is 4.79 Å². The van der Waals surface area contributed by atoms with Crippen LogP contribution in [0, 0.1) is 0 Å². The molecule has 0 spiro atoms. The molecule has 0 bridgehead atoms. The van der Waals surface area contributed by atoms with Crippen LogP contribution >= 0.6 is 11.6 Å². The van der Waals surface area contributed by atoms with Crippen LogP contribution in [0.3, 0.4) is 0 Å². The zero-order valence-electron chi connectivity index (χ0n) is 11.3. The van der Waals surface area contributed by atoms with Gasteiger partial charge in [-0.05, 0) is 24.2 Å². The largest absolute Gasteiger partial charge is 0.481 e. The summed E-state index contributed by atoms with van der Waals surface area (Å²) in [6.07, 6.45) is 3.32. The van der Waals surface area contributed by atoms with Crippen molar-refractivity contribution >= 4 is 23.3 Å². The number of aliphatic carboxylic acids is 1. The van der Waals surface area contributed by atoms with Crippen molar-refractivity contribution in [2.45, 2.75) is 18.9 Å². The summed E-state index contributed by atoms with van der Waals surface area (Å²) in [7, 11) is 0. The highest BCUT2D eigenvalue weighted by atomic mass is 35.5. The van der Waals surface area contributed by atoms with Gasteiger partial charge in [0.25, 0.3) is 0 Å². The van der Waals surface area contributed by atoms with Gasteiger partial charge in [0.1, 0.15) is 0 Å². The molecule has 0 amide bonds. The van der Waals surface area contributed by atoms with Gasteiger partial charge in [-0.1, -0.05) is 17.7 Å². The molecule has 1 aromatic heterocycles. The first-order chi connectivity index (χ1) is 10.1. The van der Waals surface area contributed by atoms with Crippen LogP contribution in [-0.2, 0) is 11.3 Å². The molecule has 0 radical (unpaired) electrons. The first-order valence-electron chi connectivity index (χ1n) is 6.52. The Morgan fingerprint density at radius 1 is 1.52 bits per heavy atom. The van der Waals surface area contributed by atoms with Crippen LogP contribution in [0.2, 0.25) is 5.02 Å². The number of nitrogens with zero attached hydrogens (tertiary/aromatic N) is 1. The lowest BCUT2D eigenvalue weighted by molar-refractivity contribution is -0.137. The molecule has 2 aromatic rings. The number of aromatic nitrogens is 2. The van der Waals surface area contributed by atoms with Crippen molar-refractivity contribution in [2.75, 3.05) is 11.9 Å². The van der Waals surface area contributed by atoms with Gasteiger partial charge in [0, 0.05) is 12.1 Å². The van der Waals surface area contributed by atoms with E-state index >= 15 is 0 Å². The summed E-state index contributed by atoms with van der Waals surface area (Å²) in [6.45, 7) is 0.823. The van der Waals surface area contributed by atoms with Crippen molar-refractivity contribution < 1.29 is 9.90 Å². The molecule has 21 heavy (non-hydrogen) atoms. The van der Waals surface area contributed by atoms with Crippen molar-refractivity contribution in [1.82, 2.24) is 9.97 Å². The number of H-pyrrole nitrogens is 1. The van der Waals surface area contributed by atoms with Crippen LogP contribution in [0.4, 0.5) is 5.69 Å². The number of nitrogens with two attached hydrogens (primary N) is 1.